The molecule has 28 heavy (non-hydrogen) atoms. The standard InChI is InChI=1S/C17H22ClF3N2O3S2/c1-16(2,3)27-11-15(24)22-6-8-23(9-7-22)28(25,26)14-10-12(17(19,20)21)4-5-13(14)18/h4-5,10H,6-9,11H2,1-3H3. The zero-order valence-electron chi connectivity index (χ0n) is 15.7. The maximum absolute atomic E-state index is 12.9. The van der Waals surface area contributed by atoms with Crippen LogP contribution in [0, 0.1) is 0 Å². The lowest BCUT2D eigenvalue weighted by molar-refractivity contribution is -0.137. The number of thioether (sulfide) groups is 1. The summed E-state index contributed by atoms with van der Waals surface area (Å²) in [6, 6.07) is 2.22. The Morgan fingerprint density at radius 2 is 1.71 bits per heavy atom. The van der Waals surface area contributed by atoms with E-state index in [0.29, 0.717) is 6.07 Å². The largest absolute Gasteiger partial charge is 0.416 e. The van der Waals surface area contributed by atoms with E-state index in [9.17, 15) is 26.4 Å². The molecule has 158 valence electrons. The zero-order chi connectivity index (χ0) is 21.3. The summed E-state index contributed by atoms with van der Waals surface area (Å²) in [6.45, 7) is 6.34. The van der Waals surface area contributed by atoms with E-state index in [-0.39, 0.29) is 47.6 Å². The number of benzene rings is 1. The van der Waals surface area contributed by atoms with Crippen LogP contribution >= 0.6 is 23.4 Å². The van der Waals surface area contributed by atoms with E-state index < -0.39 is 26.7 Å². The summed E-state index contributed by atoms with van der Waals surface area (Å²) in [7, 11) is -4.20. The fraction of sp³-hybridized carbons (Fsp3) is 0.588. The van der Waals surface area contributed by atoms with Crippen molar-refractivity contribution in [1.29, 1.82) is 0 Å². The first-order chi connectivity index (χ1) is 12.7. The van der Waals surface area contributed by atoms with Crippen LogP contribution in [0.1, 0.15) is 26.3 Å². The number of alkyl halides is 3. The zero-order valence-corrected chi connectivity index (χ0v) is 18.1. The molecule has 1 fully saturated rings. The van der Waals surface area contributed by atoms with E-state index in [2.05, 4.69) is 0 Å². The molecule has 11 heteroatoms. The van der Waals surface area contributed by atoms with Gasteiger partial charge in [0.05, 0.1) is 16.3 Å². The molecular formula is C17H22ClF3N2O3S2. The van der Waals surface area contributed by atoms with Gasteiger partial charge < -0.3 is 4.90 Å². The van der Waals surface area contributed by atoms with Crippen LogP contribution in [0.15, 0.2) is 23.1 Å². The Bertz CT molecular complexity index is 831. The predicted octanol–water partition coefficient (Wildman–Crippen LogP) is 3.72. The number of carbonyl (C=O) groups excluding carboxylic acids is 1. The summed E-state index contributed by atoms with van der Waals surface area (Å²) in [6.07, 6.45) is -4.68. The van der Waals surface area contributed by atoms with Crippen molar-refractivity contribution in [3.05, 3.63) is 28.8 Å². The minimum absolute atomic E-state index is 0.000826. The second kappa shape index (κ2) is 8.41. The molecule has 0 saturated carbocycles. The number of rotatable bonds is 4. The van der Waals surface area contributed by atoms with Crippen LogP contribution in [0.25, 0.3) is 0 Å². The Balaban J connectivity index is 2.10. The SMILES string of the molecule is CC(C)(C)SCC(=O)N1CCN(S(=O)(=O)c2cc(C(F)(F)F)ccc2Cl)CC1. The highest BCUT2D eigenvalue weighted by molar-refractivity contribution is 8.01. The van der Waals surface area contributed by atoms with E-state index in [1.807, 2.05) is 20.8 Å². The number of nitrogens with zero attached hydrogens (tertiary/aromatic N) is 2. The highest BCUT2D eigenvalue weighted by Crippen LogP contribution is 2.34. The normalized spacial score (nSPS) is 17.0. The molecule has 5 nitrogen and oxygen atoms in total. The van der Waals surface area contributed by atoms with Gasteiger partial charge in [0, 0.05) is 30.9 Å². The van der Waals surface area contributed by atoms with Gasteiger partial charge in [-0.2, -0.15) is 17.5 Å². The van der Waals surface area contributed by atoms with Gasteiger partial charge >= 0.3 is 6.18 Å². The molecule has 2 rings (SSSR count). The van der Waals surface area contributed by atoms with Gasteiger partial charge in [-0.15, -0.1) is 11.8 Å². The van der Waals surface area contributed by atoms with Crippen LogP contribution in [-0.4, -0.2) is 60.2 Å². The Hall–Kier alpha value is -0.970. The fourth-order valence-electron chi connectivity index (χ4n) is 2.56. The Morgan fingerprint density at radius 3 is 2.21 bits per heavy atom. The smallest absolute Gasteiger partial charge is 0.339 e. The Labute approximate surface area is 172 Å². The van der Waals surface area contributed by atoms with E-state index in [1.54, 1.807) is 4.90 Å². The average Bonchev–Trinajstić information content (AvgIpc) is 2.58. The molecule has 0 radical (unpaired) electrons. The summed E-state index contributed by atoms with van der Waals surface area (Å²) in [5, 5.41) is -0.270. The number of halogens is 4. The molecule has 1 aliphatic heterocycles. The molecule has 0 aromatic heterocycles. The van der Waals surface area contributed by atoms with Crippen LogP contribution in [0.2, 0.25) is 5.02 Å². The molecule has 1 heterocycles. The minimum Gasteiger partial charge on any atom is -0.339 e. The van der Waals surface area contributed by atoms with Gasteiger partial charge in [0.15, 0.2) is 0 Å². The molecular weight excluding hydrogens is 437 g/mol. The van der Waals surface area contributed by atoms with Crippen molar-refractivity contribution in [2.45, 2.75) is 36.6 Å². The summed E-state index contributed by atoms with van der Waals surface area (Å²) >= 11 is 7.37. The van der Waals surface area contributed by atoms with Gasteiger partial charge in [-0.3, -0.25) is 4.79 Å². The molecule has 1 aliphatic rings. The van der Waals surface area contributed by atoms with Crippen molar-refractivity contribution in [1.82, 2.24) is 9.21 Å². The molecule has 0 N–H and O–H groups in total. The quantitative estimate of drug-likeness (QED) is 0.690. The predicted molar refractivity (Wildman–Crippen MR) is 104 cm³/mol. The van der Waals surface area contributed by atoms with Crippen molar-refractivity contribution in [2.24, 2.45) is 0 Å². The van der Waals surface area contributed by atoms with Crippen LogP contribution in [0.4, 0.5) is 13.2 Å². The third-order valence-corrected chi connectivity index (χ3v) is 7.73. The van der Waals surface area contributed by atoms with E-state index in [4.69, 9.17) is 11.6 Å². The summed E-state index contributed by atoms with van der Waals surface area (Å²) in [5.74, 6) is 0.199. The number of amides is 1. The molecule has 1 aromatic rings. The van der Waals surface area contributed by atoms with Crippen molar-refractivity contribution >= 4 is 39.3 Å². The van der Waals surface area contributed by atoms with Gasteiger partial charge in [-0.1, -0.05) is 32.4 Å². The highest BCUT2D eigenvalue weighted by atomic mass is 35.5. The summed E-state index contributed by atoms with van der Waals surface area (Å²) < 4.78 is 65.4. The Kier molecular flexibility index (Phi) is 7.00. The number of carbonyl (C=O) groups is 1. The molecule has 0 unspecified atom stereocenters. The topological polar surface area (TPSA) is 57.7 Å². The lowest BCUT2D eigenvalue weighted by Gasteiger charge is -2.34. The van der Waals surface area contributed by atoms with Gasteiger partial charge in [0.1, 0.15) is 4.90 Å². The van der Waals surface area contributed by atoms with E-state index in [0.717, 1.165) is 16.4 Å². The second-order valence-electron chi connectivity index (χ2n) is 7.33. The minimum atomic E-state index is -4.68. The molecule has 0 aliphatic carbocycles. The molecule has 0 atom stereocenters. The molecule has 1 saturated heterocycles. The first kappa shape index (κ1) is 23.3. The van der Waals surface area contributed by atoms with Crippen LogP contribution in [0.5, 0.6) is 0 Å². The van der Waals surface area contributed by atoms with Gasteiger partial charge in [0.25, 0.3) is 0 Å². The highest BCUT2D eigenvalue weighted by Gasteiger charge is 2.36. The third-order valence-electron chi connectivity index (χ3n) is 4.10. The maximum Gasteiger partial charge on any atom is 0.416 e. The van der Waals surface area contributed by atoms with Crippen molar-refractivity contribution in [3.63, 3.8) is 0 Å². The van der Waals surface area contributed by atoms with Gasteiger partial charge in [-0.05, 0) is 18.2 Å². The van der Waals surface area contributed by atoms with E-state index >= 15 is 0 Å². The second-order valence-corrected chi connectivity index (χ2v) is 11.4. The Morgan fingerprint density at radius 1 is 1.14 bits per heavy atom. The van der Waals surface area contributed by atoms with Crippen LogP contribution < -0.4 is 0 Å². The average molecular weight is 459 g/mol. The lowest BCUT2D eigenvalue weighted by Crippen LogP contribution is -2.51. The maximum atomic E-state index is 12.9. The number of piperazine rings is 1. The van der Waals surface area contributed by atoms with Crippen molar-refractivity contribution < 1.29 is 26.4 Å². The fourth-order valence-corrected chi connectivity index (χ4v) is 5.23. The lowest BCUT2D eigenvalue weighted by atomic mass is 10.2. The van der Waals surface area contributed by atoms with E-state index in [1.165, 1.54) is 11.8 Å². The van der Waals surface area contributed by atoms with Crippen LogP contribution in [-0.2, 0) is 21.0 Å². The number of sulfonamides is 1. The van der Waals surface area contributed by atoms with Crippen LogP contribution in [0.3, 0.4) is 0 Å². The van der Waals surface area contributed by atoms with Crippen molar-refractivity contribution in [2.75, 3.05) is 31.9 Å². The first-order valence-electron chi connectivity index (χ1n) is 8.50. The molecule has 0 spiro atoms. The number of hydrogen-bond donors (Lipinski definition) is 0. The van der Waals surface area contributed by atoms with Crippen molar-refractivity contribution in [3.8, 4) is 0 Å². The third kappa shape index (κ3) is 5.77. The molecule has 0 bridgehead atoms. The molecule has 1 aromatic carbocycles. The molecule has 1 amide bonds. The summed E-state index contributed by atoms with van der Waals surface area (Å²) in [5.41, 5.74) is -1.08. The first-order valence-corrected chi connectivity index (χ1v) is 11.3. The number of hydrogen-bond acceptors (Lipinski definition) is 4. The van der Waals surface area contributed by atoms with Gasteiger partial charge in [0.2, 0.25) is 15.9 Å². The summed E-state index contributed by atoms with van der Waals surface area (Å²) in [4.78, 5) is 13.3. The monoisotopic (exact) mass is 458 g/mol. The van der Waals surface area contributed by atoms with Gasteiger partial charge in [-0.25, -0.2) is 8.42 Å².